The van der Waals surface area contributed by atoms with E-state index in [2.05, 4.69) is 0 Å². The first-order chi connectivity index (χ1) is 8.09. The molecule has 3 fully saturated rings. The van der Waals surface area contributed by atoms with E-state index in [0.717, 1.165) is 6.42 Å². The number of rotatable bonds is 1. The van der Waals surface area contributed by atoms with Gasteiger partial charge in [0.15, 0.2) is 0 Å². The maximum atomic E-state index is 12.1. The maximum Gasteiger partial charge on any atom is 0.314 e. The molecule has 2 saturated carbocycles. The van der Waals surface area contributed by atoms with Crippen molar-refractivity contribution >= 4 is 17.7 Å². The first-order valence-electron chi connectivity index (χ1n) is 5.91. The van der Waals surface area contributed by atoms with Gasteiger partial charge in [-0.05, 0) is 12.8 Å². The quantitative estimate of drug-likeness (QED) is 0.621. The van der Waals surface area contributed by atoms with Gasteiger partial charge in [0.1, 0.15) is 11.9 Å². The molecule has 1 aliphatic heterocycles. The number of hydrogen-bond acceptors (Lipinski definition) is 5. The highest BCUT2D eigenvalue weighted by Gasteiger charge is 2.68. The SMILES string of the molecule is COC(=O)[C@H]1CC(=O)[C@H]2CC[C@H]3C[C@]21C(=O)O3. The normalized spacial score (nSPS) is 43.2. The zero-order chi connectivity index (χ0) is 12.2. The maximum absolute atomic E-state index is 12.1. The predicted molar refractivity (Wildman–Crippen MR) is 54.8 cm³/mol. The van der Waals surface area contributed by atoms with Crippen LogP contribution in [0.5, 0.6) is 0 Å². The van der Waals surface area contributed by atoms with Crippen LogP contribution in [0.1, 0.15) is 25.7 Å². The smallest absolute Gasteiger partial charge is 0.314 e. The molecule has 0 aromatic rings. The fraction of sp³-hybridized carbons (Fsp3) is 0.750. The Hall–Kier alpha value is -1.39. The van der Waals surface area contributed by atoms with E-state index in [1.807, 2.05) is 0 Å². The summed E-state index contributed by atoms with van der Waals surface area (Å²) >= 11 is 0. The largest absolute Gasteiger partial charge is 0.469 e. The van der Waals surface area contributed by atoms with Crippen LogP contribution in [-0.4, -0.2) is 30.9 Å². The Balaban J connectivity index is 2.06. The van der Waals surface area contributed by atoms with Crippen LogP contribution in [0.15, 0.2) is 0 Å². The third kappa shape index (κ3) is 1.17. The van der Waals surface area contributed by atoms with E-state index in [9.17, 15) is 14.4 Å². The number of Topliss-reactive ketones (excluding diaryl/α,β-unsaturated/α-hetero) is 1. The summed E-state index contributed by atoms with van der Waals surface area (Å²) in [6.07, 6.45) is 1.90. The third-order valence-corrected chi connectivity index (χ3v) is 4.52. The van der Waals surface area contributed by atoms with Gasteiger partial charge in [0.2, 0.25) is 0 Å². The van der Waals surface area contributed by atoms with Gasteiger partial charge in [-0.1, -0.05) is 0 Å². The Morgan fingerprint density at radius 2 is 2.18 bits per heavy atom. The molecule has 4 atom stereocenters. The monoisotopic (exact) mass is 238 g/mol. The molecule has 92 valence electrons. The molecule has 2 bridgehead atoms. The first kappa shape index (κ1) is 10.7. The highest BCUT2D eigenvalue weighted by molar-refractivity contribution is 6.00. The van der Waals surface area contributed by atoms with Gasteiger partial charge in [-0.3, -0.25) is 14.4 Å². The molecular weight excluding hydrogens is 224 g/mol. The van der Waals surface area contributed by atoms with Crippen molar-refractivity contribution in [1.29, 1.82) is 0 Å². The fourth-order valence-corrected chi connectivity index (χ4v) is 3.76. The Morgan fingerprint density at radius 1 is 1.41 bits per heavy atom. The number of fused-ring (bicyclic) bond motifs is 1. The molecule has 5 heteroatoms. The molecule has 0 unspecified atom stereocenters. The van der Waals surface area contributed by atoms with Crippen LogP contribution in [0.25, 0.3) is 0 Å². The first-order valence-corrected chi connectivity index (χ1v) is 5.91. The standard InChI is InChI=1S/C12H14O5/c1-16-10(14)8-4-9(13)7-3-2-6-5-12(7,8)11(15)17-6/h6-8H,2-5H2,1H3/t6-,7+,8+,12-/m0/s1. The number of esters is 2. The van der Waals surface area contributed by atoms with Crippen LogP contribution >= 0.6 is 0 Å². The van der Waals surface area contributed by atoms with E-state index in [-0.39, 0.29) is 30.2 Å². The average molecular weight is 238 g/mol. The van der Waals surface area contributed by atoms with Crippen LogP contribution in [0.2, 0.25) is 0 Å². The molecule has 3 aliphatic rings. The lowest BCUT2D eigenvalue weighted by Gasteiger charge is -2.32. The van der Waals surface area contributed by atoms with Crippen molar-refractivity contribution in [2.24, 2.45) is 17.3 Å². The number of ether oxygens (including phenoxy) is 2. The van der Waals surface area contributed by atoms with Crippen molar-refractivity contribution in [2.75, 3.05) is 7.11 Å². The van der Waals surface area contributed by atoms with Gasteiger partial charge in [0, 0.05) is 18.8 Å². The zero-order valence-electron chi connectivity index (χ0n) is 9.60. The summed E-state index contributed by atoms with van der Waals surface area (Å²) in [5.41, 5.74) is -0.910. The summed E-state index contributed by atoms with van der Waals surface area (Å²) in [7, 11) is 1.29. The molecule has 17 heavy (non-hydrogen) atoms. The van der Waals surface area contributed by atoms with Crippen LogP contribution in [0.3, 0.4) is 0 Å². The van der Waals surface area contributed by atoms with Crippen LogP contribution in [-0.2, 0) is 23.9 Å². The van der Waals surface area contributed by atoms with Gasteiger partial charge < -0.3 is 9.47 Å². The number of carbonyl (C=O) groups is 3. The highest BCUT2D eigenvalue weighted by atomic mass is 16.6. The molecule has 0 N–H and O–H groups in total. The molecule has 1 saturated heterocycles. The van der Waals surface area contributed by atoms with Gasteiger partial charge in [-0.2, -0.15) is 0 Å². The van der Waals surface area contributed by atoms with Crippen molar-refractivity contribution in [2.45, 2.75) is 31.8 Å². The van der Waals surface area contributed by atoms with Crippen molar-refractivity contribution in [3.8, 4) is 0 Å². The summed E-state index contributed by atoms with van der Waals surface area (Å²) in [5, 5.41) is 0. The Kier molecular flexibility index (Phi) is 2.09. The molecule has 0 amide bonds. The van der Waals surface area contributed by atoms with E-state index >= 15 is 0 Å². The molecule has 0 aromatic carbocycles. The minimum Gasteiger partial charge on any atom is -0.469 e. The number of ketones is 1. The molecule has 5 nitrogen and oxygen atoms in total. The van der Waals surface area contributed by atoms with Crippen LogP contribution in [0, 0.1) is 17.3 Å². The third-order valence-electron chi connectivity index (χ3n) is 4.52. The minimum absolute atomic E-state index is 0.0118. The number of hydrogen-bond donors (Lipinski definition) is 0. The van der Waals surface area contributed by atoms with Gasteiger partial charge in [0.25, 0.3) is 0 Å². The summed E-state index contributed by atoms with van der Waals surface area (Å²) in [6.45, 7) is 0. The van der Waals surface area contributed by atoms with Crippen LogP contribution < -0.4 is 0 Å². The number of carbonyl (C=O) groups excluding carboxylic acids is 3. The zero-order valence-corrected chi connectivity index (χ0v) is 9.60. The predicted octanol–water partition coefficient (Wildman–Crippen LogP) is 0.460. The molecule has 1 heterocycles. The van der Waals surface area contributed by atoms with Crippen molar-refractivity contribution in [1.82, 2.24) is 0 Å². The summed E-state index contributed by atoms with van der Waals surface area (Å²) in [6, 6.07) is 0. The Bertz CT molecular complexity index is 413. The second kappa shape index (κ2) is 3.31. The summed E-state index contributed by atoms with van der Waals surface area (Å²) < 4.78 is 9.99. The molecule has 3 rings (SSSR count). The van der Waals surface area contributed by atoms with Gasteiger partial charge in [-0.25, -0.2) is 0 Å². The number of methoxy groups -OCH3 is 1. The van der Waals surface area contributed by atoms with E-state index in [1.54, 1.807) is 0 Å². The summed E-state index contributed by atoms with van der Waals surface area (Å²) in [5.74, 6) is -1.79. The Labute approximate surface area is 98.4 Å². The van der Waals surface area contributed by atoms with Crippen molar-refractivity contribution in [3.05, 3.63) is 0 Å². The summed E-state index contributed by atoms with van der Waals surface area (Å²) in [4.78, 5) is 35.8. The van der Waals surface area contributed by atoms with Crippen LogP contribution in [0.4, 0.5) is 0 Å². The second-order valence-corrected chi connectivity index (χ2v) is 5.15. The molecule has 1 spiro atoms. The van der Waals surface area contributed by atoms with Crippen molar-refractivity contribution in [3.63, 3.8) is 0 Å². The van der Waals surface area contributed by atoms with Gasteiger partial charge in [0.05, 0.1) is 18.4 Å². The van der Waals surface area contributed by atoms with E-state index < -0.39 is 17.3 Å². The van der Waals surface area contributed by atoms with Crippen molar-refractivity contribution < 1.29 is 23.9 Å². The lowest BCUT2D eigenvalue weighted by molar-refractivity contribution is -0.160. The molecule has 0 aromatic heterocycles. The average Bonchev–Trinajstić information content (AvgIpc) is 2.75. The highest BCUT2D eigenvalue weighted by Crippen LogP contribution is 2.59. The second-order valence-electron chi connectivity index (χ2n) is 5.15. The Morgan fingerprint density at radius 3 is 2.88 bits per heavy atom. The van der Waals surface area contributed by atoms with Gasteiger partial charge in [-0.15, -0.1) is 0 Å². The minimum atomic E-state index is -0.910. The molecule has 0 radical (unpaired) electrons. The van der Waals surface area contributed by atoms with E-state index in [4.69, 9.17) is 9.47 Å². The van der Waals surface area contributed by atoms with Gasteiger partial charge >= 0.3 is 11.9 Å². The topological polar surface area (TPSA) is 69.7 Å². The molecular formula is C12H14O5. The van der Waals surface area contributed by atoms with E-state index in [1.165, 1.54) is 7.11 Å². The lowest BCUT2D eigenvalue weighted by Crippen LogP contribution is -2.42. The lowest BCUT2D eigenvalue weighted by atomic mass is 9.65. The van der Waals surface area contributed by atoms with E-state index in [0.29, 0.717) is 12.8 Å². The fourth-order valence-electron chi connectivity index (χ4n) is 3.76. The molecule has 2 aliphatic carbocycles.